The van der Waals surface area contributed by atoms with Gasteiger partial charge in [0.1, 0.15) is 5.75 Å². The second-order valence-electron chi connectivity index (χ2n) is 6.23. The SMILES string of the molecule is COc1ccc(C(=O)C(F)(F)F)cc1COCC(C)(C)[Si](C)C. The highest BCUT2D eigenvalue weighted by molar-refractivity contribution is 6.59. The molecule has 0 unspecified atom stereocenters. The predicted molar refractivity (Wildman–Crippen MR) is 84.6 cm³/mol. The van der Waals surface area contributed by atoms with Crippen LogP contribution in [0.5, 0.6) is 5.75 Å². The Kier molecular flexibility index (Phi) is 6.41. The number of hydrogen-bond donors (Lipinski definition) is 0. The highest BCUT2D eigenvalue weighted by atomic mass is 28.3. The van der Waals surface area contributed by atoms with Crippen LogP contribution in [0, 0.1) is 0 Å². The molecule has 1 rings (SSSR count). The molecule has 0 fully saturated rings. The van der Waals surface area contributed by atoms with Crippen LogP contribution in [-0.2, 0) is 11.3 Å². The molecule has 0 aliphatic heterocycles. The lowest BCUT2D eigenvalue weighted by molar-refractivity contribution is -0.0885. The Morgan fingerprint density at radius 1 is 1.22 bits per heavy atom. The van der Waals surface area contributed by atoms with E-state index in [4.69, 9.17) is 9.47 Å². The maximum atomic E-state index is 12.5. The summed E-state index contributed by atoms with van der Waals surface area (Å²) in [6.07, 6.45) is -4.89. The van der Waals surface area contributed by atoms with Crippen molar-refractivity contribution in [1.82, 2.24) is 0 Å². The van der Waals surface area contributed by atoms with Gasteiger partial charge in [-0.3, -0.25) is 4.79 Å². The zero-order valence-corrected chi connectivity index (χ0v) is 15.0. The molecule has 0 amide bonds. The fraction of sp³-hybridized carbons (Fsp3) is 0.562. The van der Waals surface area contributed by atoms with Crippen molar-refractivity contribution in [2.75, 3.05) is 13.7 Å². The molecule has 23 heavy (non-hydrogen) atoms. The summed E-state index contributed by atoms with van der Waals surface area (Å²) in [5.41, 5.74) is 0.0197. The van der Waals surface area contributed by atoms with Gasteiger partial charge < -0.3 is 9.47 Å². The van der Waals surface area contributed by atoms with Crippen molar-refractivity contribution in [3.8, 4) is 5.75 Å². The second-order valence-corrected chi connectivity index (χ2v) is 9.58. The molecule has 129 valence electrons. The largest absolute Gasteiger partial charge is 0.496 e. The monoisotopic (exact) mass is 347 g/mol. The standard InChI is InChI=1S/C16H22F3O3Si/c1-15(2,23(4)5)10-22-9-12-8-11(6-7-13(12)21-3)14(20)16(17,18)19/h6-8H,9-10H2,1-5H3. The molecule has 0 aromatic heterocycles. The van der Waals surface area contributed by atoms with Crippen molar-refractivity contribution in [2.24, 2.45) is 0 Å². The molecule has 0 saturated carbocycles. The zero-order chi connectivity index (χ0) is 17.8. The van der Waals surface area contributed by atoms with Gasteiger partial charge in [-0.2, -0.15) is 13.2 Å². The Bertz CT molecular complexity index is 554. The van der Waals surface area contributed by atoms with E-state index in [0.29, 0.717) is 17.9 Å². The maximum absolute atomic E-state index is 12.5. The number of hydrogen-bond acceptors (Lipinski definition) is 3. The number of halogens is 3. The second kappa shape index (κ2) is 7.48. The number of rotatable bonds is 7. The summed E-state index contributed by atoms with van der Waals surface area (Å²) in [6.45, 7) is 9.15. The molecule has 0 saturated heterocycles. The van der Waals surface area contributed by atoms with Crippen LogP contribution in [0.3, 0.4) is 0 Å². The highest BCUT2D eigenvalue weighted by Gasteiger charge is 2.39. The number of carbonyl (C=O) groups excluding carboxylic acids is 1. The van der Waals surface area contributed by atoms with Crippen molar-refractivity contribution in [3.63, 3.8) is 0 Å². The van der Waals surface area contributed by atoms with Gasteiger partial charge in [-0.1, -0.05) is 26.9 Å². The van der Waals surface area contributed by atoms with Crippen molar-refractivity contribution in [1.29, 1.82) is 0 Å². The molecule has 7 heteroatoms. The van der Waals surface area contributed by atoms with E-state index in [1.54, 1.807) is 0 Å². The molecule has 0 aliphatic carbocycles. The van der Waals surface area contributed by atoms with E-state index >= 15 is 0 Å². The first-order valence-electron chi connectivity index (χ1n) is 7.16. The van der Waals surface area contributed by atoms with Crippen LogP contribution >= 0.6 is 0 Å². The molecule has 1 aromatic rings. The van der Waals surface area contributed by atoms with Gasteiger partial charge in [-0.15, -0.1) is 0 Å². The highest BCUT2D eigenvalue weighted by Crippen LogP contribution is 2.30. The molecule has 0 heterocycles. The number of methoxy groups -OCH3 is 1. The fourth-order valence-electron chi connectivity index (χ4n) is 1.76. The summed E-state index contributed by atoms with van der Waals surface area (Å²) in [7, 11) is 0.844. The Balaban J connectivity index is 2.91. The van der Waals surface area contributed by atoms with Gasteiger partial charge in [0.15, 0.2) is 0 Å². The van der Waals surface area contributed by atoms with Crippen LogP contribution in [0.2, 0.25) is 18.1 Å². The molecule has 3 nitrogen and oxygen atoms in total. The van der Waals surface area contributed by atoms with E-state index in [0.717, 1.165) is 6.07 Å². The van der Waals surface area contributed by atoms with Crippen LogP contribution in [0.25, 0.3) is 0 Å². The van der Waals surface area contributed by atoms with E-state index in [9.17, 15) is 18.0 Å². The lowest BCUT2D eigenvalue weighted by Gasteiger charge is -2.27. The molecule has 1 aromatic carbocycles. The van der Waals surface area contributed by atoms with Gasteiger partial charge in [0.25, 0.3) is 5.78 Å². The average molecular weight is 347 g/mol. The van der Waals surface area contributed by atoms with Gasteiger partial charge in [-0.25, -0.2) is 0 Å². The molecule has 0 spiro atoms. The Morgan fingerprint density at radius 3 is 2.30 bits per heavy atom. The predicted octanol–water partition coefficient (Wildman–Crippen LogP) is 4.49. The van der Waals surface area contributed by atoms with Gasteiger partial charge in [-0.05, 0) is 23.2 Å². The minimum Gasteiger partial charge on any atom is -0.496 e. The molecule has 0 atom stereocenters. The van der Waals surface area contributed by atoms with Gasteiger partial charge >= 0.3 is 6.18 Å². The molecular weight excluding hydrogens is 325 g/mol. The van der Waals surface area contributed by atoms with E-state index in [1.807, 2.05) is 0 Å². The summed E-state index contributed by atoms with van der Waals surface area (Å²) in [6, 6.07) is 3.66. The normalized spacial score (nSPS) is 12.6. The topological polar surface area (TPSA) is 35.5 Å². The van der Waals surface area contributed by atoms with Crippen LogP contribution in [0.1, 0.15) is 29.8 Å². The first kappa shape index (κ1) is 19.7. The van der Waals surface area contributed by atoms with Crippen molar-refractivity contribution >= 4 is 14.6 Å². The summed E-state index contributed by atoms with van der Waals surface area (Å²) < 4.78 is 48.4. The Morgan fingerprint density at radius 2 is 1.83 bits per heavy atom. The van der Waals surface area contributed by atoms with Gasteiger partial charge in [0.2, 0.25) is 0 Å². The Labute approximate surface area is 136 Å². The number of ether oxygens (including phenoxy) is 2. The van der Waals surface area contributed by atoms with Crippen LogP contribution in [0.15, 0.2) is 18.2 Å². The van der Waals surface area contributed by atoms with E-state index in [-0.39, 0.29) is 11.6 Å². The first-order valence-corrected chi connectivity index (χ1v) is 9.66. The average Bonchev–Trinajstić information content (AvgIpc) is 2.45. The van der Waals surface area contributed by atoms with Crippen LogP contribution in [-0.4, -0.2) is 34.5 Å². The molecule has 0 bridgehead atoms. The number of benzene rings is 1. The first-order chi connectivity index (χ1) is 10.5. The number of ketones is 1. The van der Waals surface area contributed by atoms with E-state index in [2.05, 4.69) is 26.9 Å². The summed E-state index contributed by atoms with van der Waals surface area (Å²) >= 11 is 0. The number of alkyl halides is 3. The molecule has 1 radical (unpaired) electrons. The lowest BCUT2D eigenvalue weighted by Crippen LogP contribution is -2.26. The minimum absolute atomic E-state index is 0.0390. The van der Waals surface area contributed by atoms with E-state index in [1.165, 1.54) is 19.2 Å². The van der Waals surface area contributed by atoms with E-state index < -0.39 is 26.3 Å². The third-order valence-corrected chi connectivity index (χ3v) is 6.73. The summed E-state index contributed by atoms with van der Waals surface area (Å²) in [4.78, 5) is 11.3. The maximum Gasteiger partial charge on any atom is 0.454 e. The van der Waals surface area contributed by atoms with Crippen molar-refractivity contribution in [2.45, 2.75) is 44.8 Å². The molecule has 0 aliphatic rings. The van der Waals surface area contributed by atoms with Crippen LogP contribution < -0.4 is 4.74 Å². The smallest absolute Gasteiger partial charge is 0.454 e. The molecule has 0 N–H and O–H groups in total. The van der Waals surface area contributed by atoms with Crippen molar-refractivity contribution < 1.29 is 27.4 Å². The quantitative estimate of drug-likeness (QED) is 0.538. The minimum atomic E-state index is -4.89. The number of Topliss-reactive ketones (excluding diaryl/α,β-unsaturated/α-hetero) is 1. The van der Waals surface area contributed by atoms with Gasteiger partial charge in [0, 0.05) is 17.7 Å². The summed E-state index contributed by atoms with van der Waals surface area (Å²) in [5.74, 6) is -1.46. The summed E-state index contributed by atoms with van der Waals surface area (Å²) in [5, 5.41) is 0.0390. The third kappa shape index (κ3) is 5.35. The molecular formula is C16H22F3O3Si. The van der Waals surface area contributed by atoms with Crippen LogP contribution in [0.4, 0.5) is 13.2 Å². The number of carbonyl (C=O) groups is 1. The third-order valence-electron chi connectivity index (χ3n) is 3.87. The van der Waals surface area contributed by atoms with Crippen molar-refractivity contribution in [3.05, 3.63) is 29.3 Å². The lowest BCUT2D eigenvalue weighted by atomic mass is 10.1. The van der Waals surface area contributed by atoms with Gasteiger partial charge in [0.05, 0.1) is 22.5 Å². The zero-order valence-electron chi connectivity index (χ0n) is 14.0. The Hall–Kier alpha value is -1.34. The fourth-order valence-corrected chi connectivity index (χ4v) is 2.15.